The van der Waals surface area contributed by atoms with Crippen molar-refractivity contribution in [3.63, 3.8) is 0 Å². The van der Waals surface area contributed by atoms with Gasteiger partial charge in [-0.1, -0.05) is 24.6 Å². The zero-order valence-corrected chi connectivity index (χ0v) is 17.8. The summed E-state index contributed by atoms with van der Waals surface area (Å²) in [6.07, 6.45) is 0. The highest BCUT2D eigenvalue weighted by molar-refractivity contribution is 14.1. The van der Waals surface area contributed by atoms with E-state index in [4.69, 9.17) is 0 Å². The predicted molar refractivity (Wildman–Crippen MR) is 116 cm³/mol. The molecule has 0 bridgehead atoms. The Morgan fingerprint density at radius 2 is 1.81 bits per heavy atom. The number of nitrogens with zero attached hydrogens (tertiary/aromatic N) is 2. The van der Waals surface area contributed by atoms with E-state index >= 15 is 0 Å². The Bertz CT molecular complexity index is 845. The van der Waals surface area contributed by atoms with Gasteiger partial charge in [0.1, 0.15) is 0 Å². The fourth-order valence-corrected chi connectivity index (χ4v) is 3.71. The van der Waals surface area contributed by atoms with Crippen LogP contribution in [0, 0.1) is 10.5 Å². The molecule has 1 aliphatic heterocycles. The monoisotopic (exact) mass is 477 g/mol. The maximum atomic E-state index is 13.1. The van der Waals surface area contributed by atoms with Crippen LogP contribution in [0.2, 0.25) is 0 Å². The van der Waals surface area contributed by atoms with Crippen LogP contribution in [-0.4, -0.2) is 54.3 Å². The van der Waals surface area contributed by atoms with Crippen LogP contribution in [0.3, 0.4) is 0 Å². The molecule has 1 fully saturated rings. The molecule has 2 amide bonds. The van der Waals surface area contributed by atoms with Crippen LogP contribution in [0.15, 0.2) is 42.5 Å². The molecule has 0 atom stereocenters. The third-order valence-electron chi connectivity index (χ3n) is 4.85. The standard InChI is InChI=1S/C21H24IN3O2/c1-3-24-9-11-25(12-10-24)21(27)18-14-17(22)7-8-19(18)23-20(26)16-6-4-5-15(2)13-16/h4-8,13-14H,3,9-12H2,1-2H3,(H,23,26). The molecule has 1 heterocycles. The summed E-state index contributed by atoms with van der Waals surface area (Å²) in [5.41, 5.74) is 2.72. The predicted octanol–water partition coefficient (Wildman–Crippen LogP) is 3.63. The molecule has 142 valence electrons. The first-order valence-corrected chi connectivity index (χ1v) is 10.2. The van der Waals surface area contributed by atoms with E-state index in [1.165, 1.54) is 0 Å². The van der Waals surface area contributed by atoms with E-state index in [9.17, 15) is 9.59 Å². The second-order valence-electron chi connectivity index (χ2n) is 6.74. The lowest BCUT2D eigenvalue weighted by Crippen LogP contribution is -2.48. The lowest BCUT2D eigenvalue weighted by molar-refractivity contribution is 0.0644. The van der Waals surface area contributed by atoms with E-state index in [2.05, 4.69) is 39.7 Å². The molecule has 0 saturated carbocycles. The van der Waals surface area contributed by atoms with Gasteiger partial charge in [-0.25, -0.2) is 0 Å². The molecule has 5 nitrogen and oxygen atoms in total. The lowest BCUT2D eigenvalue weighted by Gasteiger charge is -2.34. The number of hydrogen-bond donors (Lipinski definition) is 1. The first-order valence-electron chi connectivity index (χ1n) is 9.17. The molecule has 1 aliphatic rings. The number of amides is 2. The fourth-order valence-electron chi connectivity index (χ4n) is 3.22. The van der Waals surface area contributed by atoms with Crippen LogP contribution >= 0.6 is 22.6 Å². The molecule has 27 heavy (non-hydrogen) atoms. The average molecular weight is 477 g/mol. The molecule has 6 heteroatoms. The van der Waals surface area contributed by atoms with Crippen LogP contribution in [0.5, 0.6) is 0 Å². The SMILES string of the molecule is CCN1CCN(C(=O)c2cc(I)ccc2NC(=O)c2cccc(C)c2)CC1. The number of aryl methyl sites for hydroxylation is 1. The normalized spacial score (nSPS) is 14.9. The van der Waals surface area contributed by atoms with Crippen molar-refractivity contribution in [2.75, 3.05) is 38.0 Å². The van der Waals surface area contributed by atoms with Gasteiger partial charge in [0.15, 0.2) is 0 Å². The molecule has 2 aromatic rings. The third kappa shape index (κ3) is 4.87. The fraction of sp³-hybridized carbons (Fsp3) is 0.333. The Morgan fingerprint density at radius 3 is 2.48 bits per heavy atom. The van der Waals surface area contributed by atoms with Crippen molar-refractivity contribution < 1.29 is 9.59 Å². The van der Waals surface area contributed by atoms with Crippen molar-refractivity contribution in [3.05, 3.63) is 62.7 Å². The van der Waals surface area contributed by atoms with E-state index < -0.39 is 0 Å². The van der Waals surface area contributed by atoms with E-state index in [0.29, 0.717) is 29.9 Å². The second-order valence-corrected chi connectivity index (χ2v) is 7.99. The molecule has 0 radical (unpaired) electrons. The summed E-state index contributed by atoms with van der Waals surface area (Å²) in [4.78, 5) is 29.9. The van der Waals surface area contributed by atoms with Gasteiger partial charge in [-0.3, -0.25) is 9.59 Å². The van der Waals surface area contributed by atoms with Crippen LogP contribution in [0.4, 0.5) is 5.69 Å². The summed E-state index contributed by atoms with van der Waals surface area (Å²) >= 11 is 2.19. The number of halogens is 1. The van der Waals surface area contributed by atoms with E-state index in [1.807, 2.05) is 48.2 Å². The molecular weight excluding hydrogens is 453 g/mol. The van der Waals surface area contributed by atoms with Crippen LogP contribution in [-0.2, 0) is 0 Å². The van der Waals surface area contributed by atoms with Crippen LogP contribution in [0.1, 0.15) is 33.2 Å². The highest BCUT2D eigenvalue weighted by Gasteiger charge is 2.24. The summed E-state index contributed by atoms with van der Waals surface area (Å²) < 4.78 is 0.969. The Kier molecular flexibility index (Phi) is 6.49. The number of likely N-dealkylation sites (N-methyl/N-ethyl adjacent to an activating group) is 1. The van der Waals surface area contributed by atoms with Gasteiger partial charge >= 0.3 is 0 Å². The molecular formula is C21H24IN3O2. The minimum atomic E-state index is -0.204. The van der Waals surface area contributed by atoms with Crippen molar-refractivity contribution in [2.45, 2.75) is 13.8 Å². The van der Waals surface area contributed by atoms with Crippen molar-refractivity contribution in [3.8, 4) is 0 Å². The molecule has 2 aromatic carbocycles. The van der Waals surface area contributed by atoms with E-state index in [1.54, 1.807) is 6.07 Å². The Morgan fingerprint density at radius 1 is 1.07 bits per heavy atom. The molecule has 0 aliphatic carbocycles. The molecule has 0 unspecified atom stereocenters. The van der Waals surface area contributed by atoms with Gasteiger partial charge in [0.05, 0.1) is 11.3 Å². The second kappa shape index (κ2) is 8.84. The largest absolute Gasteiger partial charge is 0.336 e. The molecule has 0 aromatic heterocycles. The summed E-state index contributed by atoms with van der Waals surface area (Å²) in [5, 5.41) is 2.92. The lowest BCUT2D eigenvalue weighted by atomic mass is 10.1. The highest BCUT2D eigenvalue weighted by Crippen LogP contribution is 2.22. The van der Waals surface area contributed by atoms with Crippen molar-refractivity contribution >= 4 is 40.1 Å². The molecule has 3 rings (SSSR count). The van der Waals surface area contributed by atoms with Crippen LogP contribution < -0.4 is 5.32 Å². The summed E-state index contributed by atoms with van der Waals surface area (Å²) in [7, 11) is 0. The maximum absolute atomic E-state index is 13.1. The summed E-state index contributed by atoms with van der Waals surface area (Å²) in [6, 6.07) is 13.0. The number of anilines is 1. The minimum absolute atomic E-state index is 0.0242. The number of nitrogens with one attached hydrogen (secondary N) is 1. The topological polar surface area (TPSA) is 52.6 Å². The minimum Gasteiger partial charge on any atom is -0.336 e. The number of carbonyl (C=O) groups is 2. The Labute approximate surface area is 173 Å². The number of hydrogen-bond acceptors (Lipinski definition) is 3. The van der Waals surface area contributed by atoms with E-state index in [-0.39, 0.29) is 11.8 Å². The van der Waals surface area contributed by atoms with Crippen molar-refractivity contribution in [2.24, 2.45) is 0 Å². The van der Waals surface area contributed by atoms with Crippen LogP contribution in [0.25, 0.3) is 0 Å². The quantitative estimate of drug-likeness (QED) is 0.685. The molecule has 0 spiro atoms. The van der Waals surface area contributed by atoms with Gasteiger partial charge in [-0.2, -0.15) is 0 Å². The van der Waals surface area contributed by atoms with Crippen molar-refractivity contribution in [1.29, 1.82) is 0 Å². The summed E-state index contributed by atoms with van der Waals surface area (Å²) in [5.74, 6) is -0.228. The first-order chi connectivity index (χ1) is 13.0. The zero-order chi connectivity index (χ0) is 19.4. The zero-order valence-electron chi connectivity index (χ0n) is 15.7. The van der Waals surface area contributed by atoms with Gasteiger partial charge in [-0.05, 0) is 66.4 Å². The summed E-state index contributed by atoms with van der Waals surface area (Å²) in [6.45, 7) is 8.28. The number of rotatable bonds is 4. The third-order valence-corrected chi connectivity index (χ3v) is 5.52. The Balaban J connectivity index is 1.81. The van der Waals surface area contributed by atoms with Crippen molar-refractivity contribution in [1.82, 2.24) is 9.80 Å². The van der Waals surface area contributed by atoms with Gasteiger partial charge in [0.25, 0.3) is 11.8 Å². The number of carbonyl (C=O) groups excluding carboxylic acids is 2. The number of piperazine rings is 1. The Hall–Kier alpha value is -1.93. The van der Waals surface area contributed by atoms with Gasteiger partial charge in [0, 0.05) is 35.3 Å². The molecule has 1 saturated heterocycles. The van der Waals surface area contributed by atoms with E-state index in [0.717, 1.165) is 28.8 Å². The highest BCUT2D eigenvalue weighted by atomic mass is 127. The van der Waals surface area contributed by atoms with Gasteiger partial charge < -0.3 is 15.1 Å². The smallest absolute Gasteiger partial charge is 0.256 e. The van der Waals surface area contributed by atoms with Gasteiger partial charge in [0.2, 0.25) is 0 Å². The molecule has 1 N–H and O–H groups in total. The average Bonchev–Trinajstić information content (AvgIpc) is 2.68. The number of benzene rings is 2. The maximum Gasteiger partial charge on any atom is 0.256 e. The van der Waals surface area contributed by atoms with Gasteiger partial charge in [-0.15, -0.1) is 0 Å². The first kappa shape index (κ1) is 19.8.